The fourth-order valence-corrected chi connectivity index (χ4v) is 3.72. The highest BCUT2D eigenvalue weighted by atomic mass is 19.1. The number of rotatable bonds is 12. The van der Waals surface area contributed by atoms with Crippen molar-refractivity contribution >= 4 is 6.09 Å². The Labute approximate surface area is 199 Å². The lowest BCUT2D eigenvalue weighted by Crippen LogP contribution is -2.48. The van der Waals surface area contributed by atoms with Crippen molar-refractivity contribution in [2.45, 2.75) is 45.1 Å². The standard InChI is InChI=1S/C27H31FN2O4/c1-2-19-9-6-10-21(11-19)16-29-17-26(31)25(30-27(32)33)14-22-12-23(28)15-24(13-22)34-18-20-7-4-3-5-8-20/h3-13,15,25-26,29-31H,2,14,16-18H2,1H3,(H,32,33)/t25-,26+/m0/s1. The zero-order chi connectivity index (χ0) is 24.3. The topological polar surface area (TPSA) is 90.8 Å². The third-order valence-corrected chi connectivity index (χ3v) is 5.49. The number of aryl methyl sites for hydroxylation is 1. The van der Waals surface area contributed by atoms with Gasteiger partial charge in [-0.2, -0.15) is 0 Å². The van der Waals surface area contributed by atoms with E-state index in [1.165, 1.54) is 17.7 Å². The molecule has 0 saturated heterocycles. The summed E-state index contributed by atoms with van der Waals surface area (Å²) < 4.78 is 19.9. The molecule has 0 heterocycles. The Morgan fingerprint density at radius 1 is 0.971 bits per heavy atom. The van der Waals surface area contributed by atoms with E-state index < -0.39 is 24.1 Å². The van der Waals surface area contributed by atoms with Crippen molar-refractivity contribution < 1.29 is 24.1 Å². The van der Waals surface area contributed by atoms with Crippen LogP contribution in [0, 0.1) is 5.82 Å². The molecule has 7 heteroatoms. The first-order chi connectivity index (χ1) is 16.4. The number of hydrogen-bond acceptors (Lipinski definition) is 4. The predicted octanol–water partition coefficient (Wildman–Crippen LogP) is 4.30. The van der Waals surface area contributed by atoms with Crippen LogP contribution in [0.5, 0.6) is 5.75 Å². The lowest BCUT2D eigenvalue weighted by atomic mass is 10.0. The van der Waals surface area contributed by atoms with Crippen LogP contribution in [0.4, 0.5) is 9.18 Å². The minimum absolute atomic E-state index is 0.111. The molecule has 6 nitrogen and oxygen atoms in total. The van der Waals surface area contributed by atoms with Crippen LogP contribution in [0.3, 0.4) is 0 Å². The molecule has 0 aliphatic heterocycles. The van der Waals surface area contributed by atoms with Gasteiger partial charge in [0.05, 0.1) is 12.1 Å². The number of aliphatic hydroxyl groups is 1. The lowest BCUT2D eigenvalue weighted by molar-refractivity contribution is 0.117. The van der Waals surface area contributed by atoms with Gasteiger partial charge in [0.1, 0.15) is 18.2 Å². The second-order valence-corrected chi connectivity index (χ2v) is 8.20. The van der Waals surface area contributed by atoms with E-state index in [0.717, 1.165) is 17.5 Å². The van der Waals surface area contributed by atoms with Crippen molar-refractivity contribution in [1.29, 1.82) is 0 Å². The van der Waals surface area contributed by atoms with Gasteiger partial charge < -0.3 is 25.6 Å². The number of carbonyl (C=O) groups is 1. The first-order valence-corrected chi connectivity index (χ1v) is 11.3. The van der Waals surface area contributed by atoms with E-state index in [0.29, 0.717) is 17.9 Å². The van der Waals surface area contributed by atoms with Crippen LogP contribution in [0.15, 0.2) is 72.8 Å². The average molecular weight is 467 g/mol. The second kappa shape index (κ2) is 12.7. The average Bonchev–Trinajstić information content (AvgIpc) is 2.82. The number of hydrogen-bond donors (Lipinski definition) is 4. The van der Waals surface area contributed by atoms with Gasteiger partial charge in [-0.15, -0.1) is 0 Å². The number of nitrogens with one attached hydrogen (secondary N) is 2. The number of halogens is 1. The van der Waals surface area contributed by atoms with Crippen LogP contribution < -0.4 is 15.4 Å². The van der Waals surface area contributed by atoms with Crippen LogP contribution in [0.1, 0.15) is 29.2 Å². The molecule has 0 radical (unpaired) electrons. The molecule has 0 aliphatic rings. The Morgan fingerprint density at radius 3 is 2.44 bits per heavy atom. The summed E-state index contributed by atoms with van der Waals surface area (Å²) in [4.78, 5) is 11.3. The Bertz CT molecular complexity index is 1060. The molecule has 0 aromatic heterocycles. The van der Waals surface area contributed by atoms with E-state index in [-0.39, 0.29) is 19.6 Å². The molecule has 0 fully saturated rings. The third-order valence-electron chi connectivity index (χ3n) is 5.49. The fraction of sp³-hybridized carbons (Fsp3) is 0.296. The summed E-state index contributed by atoms with van der Waals surface area (Å²) in [6, 6.07) is 21.1. The van der Waals surface area contributed by atoms with Gasteiger partial charge in [-0.1, -0.05) is 61.5 Å². The summed E-state index contributed by atoms with van der Waals surface area (Å²) in [7, 11) is 0. The van der Waals surface area contributed by atoms with Crippen molar-refractivity contribution in [1.82, 2.24) is 10.6 Å². The Kier molecular flexibility index (Phi) is 9.43. The SMILES string of the molecule is CCc1cccc(CNC[C@@H](O)[C@H](Cc2cc(F)cc(OCc3ccccc3)c2)NC(=O)O)c1. The van der Waals surface area contributed by atoms with Crippen molar-refractivity contribution in [3.05, 3.63) is 101 Å². The van der Waals surface area contributed by atoms with Gasteiger partial charge in [-0.25, -0.2) is 9.18 Å². The molecule has 2 atom stereocenters. The van der Waals surface area contributed by atoms with Gasteiger partial charge in [-0.05, 0) is 47.2 Å². The van der Waals surface area contributed by atoms with Gasteiger partial charge in [-0.3, -0.25) is 0 Å². The minimum atomic E-state index is -1.25. The normalized spacial score (nSPS) is 12.7. The maximum atomic E-state index is 14.2. The number of ether oxygens (including phenoxy) is 1. The largest absolute Gasteiger partial charge is 0.489 e. The lowest BCUT2D eigenvalue weighted by Gasteiger charge is -2.24. The molecule has 0 spiro atoms. The van der Waals surface area contributed by atoms with Gasteiger partial charge >= 0.3 is 6.09 Å². The molecule has 1 amide bonds. The molecule has 180 valence electrons. The summed E-state index contributed by atoms with van der Waals surface area (Å²) in [6.45, 7) is 3.09. The fourth-order valence-electron chi connectivity index (χ4n) is 3.72. The summed E-state index contributed by atoms with van der Waals surface area (Å²) >= 11 is 0. The summed E-state index contributed by atoms with van der Waals surface area (Å²) in [6.07, 6.45) is -1.22. The molecule has 0 unspecified atom stereocenters. The number of amides is 1. The van der Waals surface area contributed by atoms with Crippen LogP contribution >= 0.6 is 0 Å². The predicted molar refractivity (Wildman–Crippen MR) is 129 cm³/mol. The highest BCUT2D eigenvalue weighted by Crippen LogP contribution is 2.20. The molecular formula is C27H31FN2O4. The first kappa shape index (κ1) is 25.2. The van der Waals surface area contributed by atoms with Gasteiger partial charge in [0.2, 0.25) is 0 Å². The van der Waals surface area contributed by atoms with E-state index in [9.17, 15) is 19.4 Å². The van der Waals surface area contributed by atoms with Crippen LogP contribution in [-0.2, 0) is 26.0 Å². The zero-order valence-corrected chi connectivity index (χ0v) is 19.2. The van der Waals surface area contributed by atoms with Gasteiger partial charge in [0, 0.05) is 19.2 Å². The molecule has 3 rings (SSSR count). The zero-order valence-electron chi connectivity index (χ0n) is 19.2. The molecule has 0 saturated carbocycles. The molecule has 34 heavy (non-hydrogen) atoms. The molecule has 4 N–H and O–H groups in total. The molecule has 0 bridgehead atoms. The minimum Gasteiger partial charge on any atom is -0.489 e. The number of benzene rings is 3. The van der Waals surface area contributed by atoms with Crippen LogP contribution in [-0.4, -0.2) is 35.0 Å². The van der Waals surface area contributed by atoms with E-state index in [4.69, 9.17) is 4.74 Å². The number of carboxylic acid groups (broad SMARTS) is 1. The van der Waals surface area contributed by atoms with E-state index >= 15 is 0 Å². The molecule has 0 aliphatic carbocycles. The third kappa shape index (κ3) is 8.17. The second-order valence-electron chi connectivity index (χ2n) is 8.20. The Balaban J connectivity index is 1.61. The Morgan fingerprint density at radius 2 is 1.71 bits per heavy atom. The van der Waals surface area contributed by atoms with Crippen molar-refractivity contribution in [3.8, 4) is 5.75 Å². The number of aliphatic hydroxyl groups excluding tert-OH is 1. The maximum Gasteiger partial charge on any atom is 0.404 e. The highest BCUT2D eigenvalue weighted by Gasteiger charge is 2.22. The summed E-state index contributed by atoms with van der Waals surface area (Å²) in [5.74, 6) is -0.144. The first-order valence-electron chi connectivity index (χ1n) is 11.3. The van der Waals surface area contributed by atoms with Crippen molar-refractivity contribution in [2.75, 3.05) is 6.54 Å². The molecular weight excluding hydrogens is 435 g/mol. The monoisotopic (exact) mass is 466 g/mol. The highest BCUT2D eigenvalue weighted by molar-refractivity contribution is 5.65. The molecule has 3 aromatic rings. The van der Waals surface area contributed by atoms with Crippen molar-refractivity contribution in [3.63, 3.8) is 0 Å². The van der Waals surface area contributed by atoms with Gasteiger partial charge in [0.25, 0.3) is 0 Å². The van der Waals surface area contributed by atoms with Crippen LogP contribution in [0.25, 0.3) is 0 Å². The molecule has 3 aromatic carbocycles. The Hall–Kier alpha value is -3.42. The maximum absolute atomic E-state index is 14.2. The quantitative estimate of drug-likeness (QED) is 0.320. The van der Waals surface area contributed by atoms with Gasteiger partial charge in [0.15, 0.2) is 0 Å². The van der Waals surface area contributed by atoms with E-state index in [1.54, 1.807) is 6.07 Å². The summed E-state index contributed by atoms with van der Waals surface area (Å²) in [5.41, 5.74) is 3.78. The van der Waals surface area contributed by atoms with E-state index in [2.05, 4.69) is 29.7 Å². The van der Waals surface area contributed by atoms with Crippen LogP contribution in [0.2, 0.25) is 0 Å². The summed E-state index contributed by atoms with van der Waals surface area (Å²) in [5, 5.41) is 25.5. The van der Waals surface area contributed by atoms with Crippen molar-refractivity contribution in [2.24, 2.45) is 0 Å². The van der Waals surface area contributed by atoms with E-state index in [1.807, 2.05) is 42.5 Å². The smallest absolute Gasteiger partial charge is 0.404 e.